The molecular weight excluding hydrogens is 388 g/mol. The standard InChI is InChI=1S/C25H38N4O2/c1-18(2)23-15-22(27-29(23)25(3,4)5)24(30)26-16-19-11-13-28(14-12-19)17-20-7-9-21(31-6)10-8-20/h7-10,15,18-19H,11-14,16-17H2,1-6H3,(H,26,30). The molecule has 170 valence electrons. The van der Waals surface area contributed by atoms with Crippen LogP contribution in [0.5, 0.6) is 5.75 Å². The summed E-state index contributed by atoms with van der Waals surface area (Å²) in [4.78, 5) is 15.2. The van der Waals surface area contributed by atoms with E-state index >= 15 is 0 Å². The lowest BCUT2D eigenvalue weighted by Crippen LogP contribution is -2.38. The minimum absolute atomic E-state index is 0.0643. The second-order valence-electron chi connectivity index (χ2n) is 9.97. The van der Waals surface area contributed by atoms with E-state index < -0.39 is 0 Å². The molecule has 1 aliphatic rings. The fourth-order valence-electron chi connectivity index (χ4n) is 4.12. The van der Waals surface area contributed by atoms with Crippen LogP contribution >= 0.6 is 0 Å². The average Bonchev–Trinajstić information content (AvgIpc) is 3.20. The van der Waals surface area contributed by atoms with Crippen LogP contribution in [0.2, 0.25) is 0 Å². The predicted octanol–water partition coefficient (Wildman–Crippen LogP) is 4.41. The molecule has 0 aliphatic carbocycles. The van der Waals surface area contributed by atoms with Crippen LogP contribution in [0.15, 0.2) is 30.3 Å². The zero-order chi connectivity index (χ0) is 22.6. The SMILES string of the molecule is COc1ccc(CN2CCC(CNC(=O)c3cc(C(C)C)n(C(C)(C)C)n3)CC2)cc1. The molecule has 0 bridgehead atoms. The van der Waals surface area contributed by atoms with Crippen LogP contribution < -0.4 is 10.1 Å². The summed E-state index contributed by atoms with van der Waals surface area (Å²) in [6, 6.07) is 10.2. The summed E-state index contributed by atoms with van der Waals surface area (Å²) in [5.74, 6) is 1.67. The lowest BCUT2D eigenvalue weighted by molar-refractivity contribution is 0.0928. The highest BCUT2D eigenvalue weighted by atomic mass is 16.5. The lowest BCUT2D eigenvalue weighted by Gasteiger charge is -2.32. The molecule has 6 nitrogen and oxygen atoms in total. The number of aromatic nitrogens is 2. The number of likely N-dealkylation sites (tertiary alicyclic amines) is 1. The monoisotopic (exact) mass is 426 g/mol. The van der Waals surface area contributed by atoms with Crippen LogP contribution in [-0.4, -0.2) is 47.3 Å². The van der Waals surface area contributed by atoms with Gasteiger partial charge in [-0.15, -0.1) is 0 Å². The number of nitrogens with zero attached hydrogens (tertiary/aromatic N) is 3. The van der Waals surface area contributed by atoms with E-state index in [0.717, 1.165) is 43.9 Å². The number of piperidine rings is 1. The van der Waals surface area contributed by atoms with Crippen molar-refractivity contribution < 1.29 is 9.53 Å². The number of carbonyl (C=O) groups is 1. The fourth-order valence-corrected chi connectivity index (χ4v) is 4.12. The maximum atomic E-state index is 12.8. The number of methoxy groups -OCH3 is 1. The molecule has 1 fully saturated rings. The molecule has 1 saturated heterocycles. The normalized spacial score (nSPS) is 16.0. The summed E-state index contributed by atoms with van der Waals surface area (Å²) in [6.45, 7) is 14.4. The molecular formula is C25H38N4O2. The number of ether oxygens (including phenoxy) is 1. The Hall–Kier alpha value is -2.34. The van der Waals surface area contributed by atoms with Crippen molar-refractivity contribution in [3.63, 3.8) is 0 Å². The predicted molar refractivity (Wildman–Crippen MR) is 125 cm³/mol. The topological polar surface area (TPSA) is 59.4 Å². The van der Waals surface area contributed by atoms with Gasteiger partial charge in [0.25, 0.3) is 5.91 Å². The highest BCUT2D eigenvalue weighted by Crippen LogP contribution is 2.24. The molecule has 2 aromatic rings. The number of nitrogens with one attached hydrogen (secondary N) is 1. The summed E-state index contributed by atoms with van der Waals surface area (Å²) in [7, 11) is 1.69. The number of benzene rings is 1. The zero-order valence-corrected chi connectivity index (χ0v) is 19.9. The molecule has 1 aromatic carbocycles. The minimum atomic E-state index is -0.144. The van der Waals surface area contributed by atoms with Gasteiger partial charge < -0.3 is 10.1 Å². The Balaban J connectivity index is 1.48. The first-order valence-corrected chi connectivity index (χ1v) is 11.4. The average molecular weight is 427 g/mol. The Morgan fingerprint density at radius 2 is 1.84 bits per heavy atom. The van der Waals surface area contributed by atoms with Gasteiger partial charge in [0.15, 0.2) is 0 Å². The Bertz CT molecular complexity index is 857. The quantitative estimate of drug-likeness (QED) is 0.712. The van der Waals surface area contributed by atoms with Gasteiger partial charge in [0.05, 0.1) is 12.6 Å². The third kappa shape index (κ3) is 6.10. The summed E-state index contributed by atoms with van der Waals surface area (Å²) < 4.78 is 7.22. The van der Waals surface area contributed by atoms with Gasteiger partial charge >= 0.3 is 0 Å². The maximum Gasteiger partial charge on any atom is 0.271 e. The van der Waals surface area contributed by atoms with E-state index in [1.807, 2.05) is 22.9 Å². The molecule has 0 spiro atoms. The van der Waals surface area contributed by atoms with Crippen molar-refractivity contribution in [1.29, 1.82) is 0 Å². The van der Waals surface area contributed by atoms with Crippen LogP contribution in [0, 0.1) is 5.92 Å². The van der Waals surface area contributed by atoms with E-state index in [2.05, 4.69) is 62.1 Å². The van der Waals surface area contributed by atoms with Crippen LogP contribution in [0.1, 0.15) is 75.1 Å². The maximum absolute atomic E-state index is 12.8. The van der Waals surface area contributed by atoms with Crippen molar-refractivity contribution in [3.05, 3.63) is 47.3 Å². The van der Waals surface area contributed by atoms with Crippen molar-refractivity contribution in [2.24, 2.45) is 5.92 Å². The van der Waals surface area contributed by atoms with Crippen LogP contribution in [-0.2, 0) is 12.1 Å². The second kappa shape index (κ2) is 9.86. The summed E-state index contributed by atoms with van der Waals surface area (Å²) in [6.07, 6.45) is 2.20. The Morgan fingerprint density at radius 1 is 1.19 bits per heavy atom. The van der Waals surface area contributed by atoms with Gasteiger partial charge in [-0.2, -0.15) is 5.10 Å². The van der Waals surface area contributed by atoms with Crippen LogP contribution in [0.4, 0.5) is 0 Å². The highest BCUT2D eigenvalue weighted by Gasteiger charge is 2.25. The van der Waals surface area contributed by atoms with Gasteiger partial charge in [0.1, 0.15) is 11.4 Å². The fraction of sp³-hybridized carbons (Fsp3) is 0.600. The zero-order valence-electron chi connectivity index (χ0n) is 19.9. The van der Waals surface area contributed by atoms with Gasteiger partial charge in [0, 0.05) is 18.8 Å². The molecule has 1 amide bonds. The van der Waals surface area contributed by atoms with Crippen molar-refractivity contribution in [1.82, 2.24) is 20.0 Å². The molecule has 0 unspecified atom stereocenters. The molecule has 0 radical (unpaired) electrons. The van der Waals surface area contributed by atoms with E-state index in [0.29, 0.717) is 24.1 Å². The van der Waals surface area contributed by atoms with E-state index in [4.69, 9.17) is 4.74 Å². The molecule has 1 aliphatic heterocycles. The summed E-state index contributed by atoms with van der Waals surface area (Å²) in [5.41, 5.74) is 2.79. The summed E-state index contributed by atoms with van der Waals surface area (Å²) >= 11 is 0. The van der Waals surface area contributed by atoms with Crippen LogP contribution in [0.25, 0.3) is 0 Å². The van der Waals surface area contributed by atoms with E-state index in [9.17, 15) is 4.79 Å². The van der Waals surface area contributed by atoms with E-state index in [1.165, 1.54) is 5.56 Å². The first-order valence-electron chi connectivity index (χ1n) is 11.4. The molecule has 0 saturated carbocycles. The molecule has 0 atom stereocenters. The van der Waals surface area contributed by atoms with Crippen LogP contribution in [0.3, 0.4) is 0 Å². The smallest absolute Gasteiger partial charge is 0.271 e. The number of carbonyl (C=O) groups excluding carboxylic acids is 1. The van der Waals surface area contributed by atoms with Crippen molar-refractivity contribution in [3.8, 4) is 5.75 Å². The van der Waals surface area contributed by atoms with Gasteiger partial charge in [-0.25, -0.2) is 0 Å². The number of hydrogen-bond donors (Lipinski definition) is 1. The van der Waals surface area contributed by atoms with Crippen molar-refractivity contribution in [2.75, 3.05) is 26.7 Å². The minimum Gasteiger partial charge on any atom is -0.497 e. The first kappa shape index (κ1) is 23.3. The Labute approximate surface area is 187 Å². The van der Waals surface area contributed by atoms with E-state index in [1.54, 1.807) is 7.11 Å². The molecule has 1 aromatic heterocycles. The summed E-state index contributed by atoms with van der Waals surface area (Å²) in [5, 5.41) is 7.75. The molecule has 6 heteroatoms. The molecule has 1 N–H and O–H groups in total. The van der Waals surface area contributed by atoms with Crippen molar-refractivity contribution >= 4 is 5.91 Å². The van der Waals surface area contributed by atoms with Gasteiger partial charge in [0.2, 0.25) is 0 Å². The number of amides is 1. The van der Waals surface area contributed by atoms with Gasteiger partial charge in [-0.1, -0.05) is 26.0 Å². The lowest BCUT2D eigenvalue weighted by atomic mass is 9.96. The third-order valence-corrected chi connectivity index (χ3v) is 6.02. The third-order valence-electron chi connectivity index (χ3n) is 6.02. The van der Waals surface area contributed by atoms with E-state index in [-0.39, 0.29) is 11.4 Å². The number of rotatable bonds is 7. The Morgan fingerprint density at radius 3 is 2.35 bits per heavy atom. The molecule has 31 heavy (non-hydrogen) atoms. The second-order valence-corrected chi connectivity index (χ2v) is 9.97. The molecule has 3 rings (SSSR count). The largest absolute Gasteiger partial charge is 0.497 e. The molecule has 2 heterocycles. The van der Waals surface area contributed by atoms with Gasteiger partial charge in [-0.3, -0.25) is 14.4 Å². The first-order chi connectivity index (χ1) is 14.7. The number of hydrogen-bond acceptors (Lipinski definition) is 4. The van der Waals surface area contributed by atoms with Gasteiger partial charge in [-0.05, 0) is 82.3 Å². The highest BCUT2D eigenvalue weighted by molar-refractivity contribution is 5.92. The van der Waals surface area contributed by atoms with Crippen molar-refractivity contribution in [2.45, 2.75) is 65.5 Å². The Kier molecular flexibility index (Phi) is 7.42.